The van der Waals surface area contributed by atoms with E-state index in [-0.39, 0.29) is 11.3 Å². The van der Waals surface area contributed by atoms with Crippen LogP contribution in [0.25, 0.3) is 5.65 Å². The van der Waals surface area contributed by atoms with Gasteiger partial charge < -0.3 is 14.0 Å². The number of amides is 1. The van der Waals surface area contributed by atoms with Crippen molar-refractivity contribution in [2.75, 3.05) is 39.4 Å². The Morgan fingerprint density at radius 2 is 1.89 bits per heavy atom. The molecule has 0 aromatic carbocycles. The fraction of sp³-hybridized carbons (Fsp3) is 0.619. The maximum Gasteiger partial charge on any atom is 0.254 e. The van der Waals surface area contributed by atoms with Crippen LogP contribution in [0.5, 0.6) is 0 Å². The number of morpholine rings is 1. The lowest BCUT2D eigenvalue weighted by molar-refractivity contribution is 0.0333. The zero-order chi connectivity index (χ0) is 19.6. The van der Waals surface area contributed by atoms with Crippen molar-refractivity contribution in [3.8, 4) is 0 Å². The van der Waals surface area contributed by atoms with Gasteiger partial charge in [0.2, 0.25) is 0 Å². The lowest BCUT2D eigenvalue weighted by Gasteiger charge is -2.28. The van der Waals surface area contributed by atoms with Crippen LogP contribution in [0, 0.1) is 0 Å². The highest BCUT2D eigenvalue weighted by molar-refractivity contribution is 5.95. The standard InChI is InChI=1S/C21H32N4O2/c1-6-24(7-2)20(26)16-8-9-25-17(15-23-10-12-27-13-11-23)19(21(3,4)5)22-18(25)14-16/h8-9,14H,6-7,10-13,15H2,1-5H3. The number of carbonyl (C=O) groups is 1. The number of pyridine rings is 1. The Labute approximate surface area is 162 Å². The molecular weight excluding hydrogens is 340 g/mol. The first-order valence-corrected chi connectivity index (χ1v) is 9.96. The van der Waals surface area contributed by atoms with Crippen LogP contribution in [0.15, 0.2) is 18.3 Å². The maximum absolute atomic E-state index is 12.7. The van der Waals surface area contributed by atoms with Crippen LogP contribution < -0.4 is 0 Å². The minimum atomic E-state index is -0.0588. The van der Waals surface area contributed by atoms with Crippen LogP contribution in [0.2, 0.25) is 0 Å². The van der Waals surface area contributed by atoms with Crippen molar-refractivity contribution in [3.05, 3.63) is 35.3 Å². The number of carbonyl (C=O) groups excluding carboxylic acids is 1. The Bertz CT molecular complexity index is 796. The number of hydrogen-bond acceptors (Lipinski definition) is 4. The average molecular weight is 373 g/mol. The lowest BCUT2D eigenvalue weighted by Crippen LogP contribution is -2.36. The second kappa shape index (κ2) is 7.98. The van der Waals surface area contributed by atoms with Crippen molar-refractivity contribution in [2.24, 2.45) is 0 Å². The third kappa shape index (κ3) is 4.17. The van der Waals surface area contributed by atoms with Gasteiger partial charge in [-0.3, -0.25) is 9.69 Å². The predicted molar refractivity (Wildman–Crippen MR) is 107 cm³/mol. The molecule has 0 spiro atoms. The van der Waals surface area contributed by atoms with Gasteiger partial charge in [-0.2, -0.15) is 0 Å². The van der Waals surface area contributed by atoms with Crippen LogP contribution in [-0.2, 0) is 16.7 Å². The van der Waals surface area contributed by atoms with E-state index in [1.165, 1.54) is 5.69 Å². The quantitative estimate of drug-likeness (QED) is 0.810. The number of nitrogens with zero attached hydrogens (tertiary/aromatic N) is 4. The molecule has 0 N–H and O–H groups in total. The van der Waals surface area contributed by atoms with Crippen LogP contribution in [0.4, 0.5) is 0 Å². The molecule has 0 radical (unpaired) electrons. The maximum atomic E-state index is 12.7. The summed E-state index contributed by atoms with van der Waals surface area (Å²) in [5.41, 5.74) is 3.80. The summed E-state index contributed by atoms with van der Waals surface area (Å²) in [6, 6.07) is 3.85. The molecule has 0 aliphatic carbocycles. The number of imidazole rings is 1. The Morgan fingerprint density at radius 3 is 2.48 bits per heavy atom. The van der Waals surface area contributed by atoms with Crippen molar-refractivity contribution in [2.45, 2.75) is 46.6 Å². The SMILES string of the molecule is CCN(CC)C(=O)c1ccn2c(CN3CCOCC3)c(C(C)(C)C)nc2c1. The summed E-state index contributed by atoms with van der Waals surface area (Å²) in [5.74, 6) is 0.0672. The molecular formula is C21H32N4O2. The highest BCUT2D eigenvalue weighted by Crippen LogP contribution is 2.28. The van der Waals surface area contributed by atoms with E-state index in [0.29, 0.717) is 18.7 Å². The molecule has 0 unspecified atom stereocenters. The fourth-order valence-corrected chi connectivity index (χ4v) is 3.64. The average Bonchev–Trinajstić information content (AvgIpc) is 3.01. The molecule has 148 valence electrons. The molecule has 0 bridgehead atoms. The van der Waals surface area contributed by atoms with Crippen molar-refractivity contribution >= 4 is 11.6 Å². The summed E-state index contributed by atoms with van der Waals surface area (Å²) in [5, 5.41) is 0. The monoisotopic (exact) mass is 372 g/mol. The van der Waals surface area contributed by atoms with E-state index in [0.717, 1.165) is 44.2 Å². The van der Waals surface area contributed by atoms with E-state index in [1.54, 1.807) is 0 Å². The predicted octanol–water partition coefficient (Wildman–Crippen LogP) is 2.95. The molecule has 0 atom stereocenters. The summed E-state index contributed by atoms with van der Waals surface area (Å²) in [4.78, 5) is 21.9. The molecule has 6 nitrogen and oxygen atoms in total. The molecule has 1 aliphatic rings. The third-order valence-electron chi connectivity index (χ3n) is 5.21. The van der Waals surface area contributed by atoms with Gasteiger partial charge in [0.05, 0.1) is 24.6 Å². The van der Waals surface area contributed by atoms with Gasteiger partial charge in [0.25, 0.3) is 5.91 Å². The fourth-order valence-electron chi connectivity index (χ4n) is 3.64. The second-order valence-corrected chi connectivity index (χ2v) is 8.17. The molecule has 1 aliphatic heterocycles. The minimum absolute atomic E-state index is 0.0588. The van der Waals surface area contributed by atoms with Crippen molar-refractivity contribution in [1.29, 1.82) is 0 Å². The number of aromatic nitrogens is 2. The molecule has 27 heavy (non-hydrogen) atoms. The minimum Gasteiger partial charge on any atom is -0.379 e. The summed E-state index contributed by atoms with van der Waals surface area (Å²) in [6.07, 6.45) is 2.00. The molecule has 3 rings (SSSR count). The Balaban J connectivity index is 2.01. The number of ether oxygens (including phenoxy) is 1. The van der Waals surface area contributed by atoms with Gasteiger partial charge in [0.1, 0.15) is 5.65 Å². The van der Waals surface area contributed by atoms with E-state index in [4.69, 9.17) is 9.72 Å². The molecule has 1 saturated heterocycles. The van der Waals surface area contributed by atoms with Crippen LogP contribution in [0.3, 0.4) is 0 Å². The Kier molecular flexibility index (Phi) is 5.86. The van der Waals surface area contributed by atoms with Gasteiger partial charge in [-0.1, -0.05) is 20.8 Å². The van der Waals surface area contributed by atoms with E-state index in [1.807, 2.05) is 37.1 Å². The van der Waals surface area contributed by atoms with Gasteiger partial charge in [0.15, 0.2) is 0 Å². The molecule has 1 fully saturated rings. The molecule has 2 aromatic rings. The summed E-state index contributed by atoms with van der Waals surface area (Å²) >= 11 is 0. The summed E-state index contributed by atoms with van der Waals surface area (Å²) in [6.45, 7) is 16.3. The Hall–Kier alpha value is -1.92. The van der Waals surface area contributed by atoms with Gasteiger partial charge in [-0.15, -0.1) is 0 Å². The molecule has 3 heterocycles. The van der Waals surface area contributed by atoms with E-state index < -0.39 is 0 Å². The Morgan fingerprint density at radius 1 is 1.22 bits per heavy atom. The van der Waals surface area contributed by atoms with Crippen LogP contribution >= 0.6 is 0 Å². The summed E-state index contributed by atoms with van der Waals surface area (Å²) in [7, 11) is 0. The molecule has 1 amide bonds. The topological polar surface area (TPSA) is 50.1 Å². The largest absolute Gasteiger partial charge is 0.379 e. The number of rotatable bonds is 5. The lowest BCUT2D eigenvalue weighted by atomic mass is 9.90. The first kappa shape index (κ1) is 19.8. The number of fused-ring (bicyclic) bond motifs is 1. The van der Waals surface area contributed by atoms with Crippen LogP contribution in [-0.4, -0.2) is 64.5 Å². The molecule has 0 saturated carbocycles. The zero-order valence-electron chi connectivity index (χ0n) is 17.3. The van der Waals surface area contributed by atoms with Crippen molar-refractivity contribution in [1.82, 2.24) is 19.2 Å². The first-order valence-electron chi connectivity index (χ1n) is 9.96. The molecule has 2 aromatic heterocycles. The van der Waals surface area contributed by atoms with Gasteiger partial charge in [0, 0.05) is 49.9 Å². The highest BCUT2D eigenvalue weighted by atomic mass is 16.5. The van der Waals surface area contributed by atoms with Crippen molar-refractivity contribution in [3.63, 3.8) is 0 Å². The van der Waals surface area contributed by atoms with Gasteiger partial charge in [-0.05, 0) is 26.0 Å². The van der Waals surface area contributed by atoms with E-state index in [2.05, 4.69) is 30.1 Å². The van der Waals surface area contributed by atoms with Crippen LogP contribution in [0.1, 0.15) is 56.4 Å². The molecule has 6 heteroatoms. The van der Waals surface area contributed by atoms with Gasteiger partial charge in [-0.25, -0.2) is 4.98 Å². The van der Waals surface area contributed by atoms with Gasteiger partial charge >= 0.3 is 0 Å². The van der Waals surface area contributed by atoms with E-state index in [9.17, 15) is 4.79 Å². The zero-order valence-corrected chi connectivity index (χ0v) is 17.3. The normalized spacial score (nSPS) is 16.0. The second-order valence-electron chi connectivity index (χ2n) is 8.17. The third-order valence-corrected chi connectivity index (χ3v) is 5.21. The first-order chi connectivity index (χ1) is 12.8. The smallest absolute Gasteiger partial charge is 0.254 e. The number of hydrogen-bond donors (Lipinski definition) is 0. The highest BCUT2D eigenvalue weighted by Gasteiger charge is 2.26. The van der Waals surface area contributed by atoms with E-state index >= 15 is 0 Å². The summed E-state index contributed by atoms with van der Waals surface area (Å²) < 4.78 is 7.63. The van der Waals surface area contributed by atoms with Crippen molar-refractivity contribution < 1.29 is 9.53 Å².